The van der Waals surface area contributed by atoms with Crippen LogP contribution in [-0.2, 0) is 11.3 Å². The molecule has 1 aromatic rings. The van der Waals surface area contributed by atoms with Crippen LogP contribution in [0, 0.1) is 5.92 Å². The summed E-state index contributed by atoms with van der Waals surface area (Å²) in [5.74, 6) is -0.479. The number of carboxylic acids is 1. The average molecular weight is 265 g/mol. The first kappa shape index (κ1) is 14.1. The molecule has 0 bridgehead atoms. The lowest BCUT2D eigenvalue weighted by atomic mass is 9.84. The first-order valence-electron chi connectivity index (χ1n) is 7.13. The van der Waals surface area contributed by atoms with E-state index in [0.717, 1.165) is 45.2 Å². The van der Waals surface area contributed by atoms with Crippen molar-refractivity contribution in [3.63, 3.8) is 0 Å². The smallest absolute Gasteiger partial charge is 0.324 e. The van der Waals surface area contributed by atoms with Gasteiger partial charge in [0.15, 0.2) is 0 Å². The number of aryl methyl sites for hydroxylation is 1. The second-order valence-electron chi connectivity index (χ2n) is 5.38. The number of imidazole rings is 1. The van der Waals surface area contributed by atoms with Crippen LogP contribution in [-0.4, -0.2) is 32.7 Å². The molecular weight excluding hydrogens is 242 g/mol. The number of carboxylic acid groups (broad SMARTS) is 1. The van der Waals surface area contributed by atoms with Crippen LogP contribution in [0.4, 0.5) is 0 Å². The van der Waals surface area contributed by atoms with Crippen LogP contribution < -0.4 is 5.32 Å². The van der Waals surface area contributed by atoms with Crippen molar-refractivity contribution in [3.05, 3.63) is 18.7 Å². The molecule has 5 nitrogen and oxygen atoms in total. The fourth-order valence-electron chi connectivity index (χ4n) is 3.13. The first-order chi connectivity index (χ1) is 9.19. The van der Waals surface area contributed by atoms with Crippen molar-refractivity contribution in [3.8, 4) is 0 Å². The summed E-state index contributed by atoms with van der Waals surface area (Å²) in [4.78, 5) is 15.7. The number of carbonyl (C=O) groups is 1. The number of nitrogens with zero attached hydrogens (tertiary/aromatic N) is 2. The van der Waals surface area contributed by atoms with Crippen molar-refractivity contribution in [2.45, 2.75) is 51.1 Å². The summed E-state index contributed by atoms with van der Waals surface area (Å²) in [7, 11) is 0. The van der Waals surface area contributed by atoms with Gasteiger partial charge in [0.1, 0.15) is 5.54 Å². The maximum absolute atomic E-state index is 11.7. The number of aromatic nitrogens is 2. The van der Waals surface area contributed by atoms with E-state index in [1.807, 2.05) is 10.8 Å². The quantitative estimate of drug-likeness (QED) is 0.790. The topological polar surface area (TPSA) is 67.2 Å². The molecule has 0 aliphatic heterocycles. The zero-order valence-corrected chi connectivity index (χ0v) is 11.5. The van der Waals surface area contributed by atoms with Crippen LogP contribution in [0.3, 0.4) is 0 Å². The van der Waals surface area contributed by atoms with E-state index in [4.69, 9.17) is 0 Å². The Morgan fingerprint density at radius 3 is 3.11 bits per heavy atom. The highest BCUT2D eigenvalue weighted by molar-refractivity contribution is 5.79. The van der Waals surface area contributed by atoms with Crippen LogP contribution in [0.1, 0.15) is 39.0 Å². The predicted molar refractivity (Wildman–Crippen MR) is 72.8 cm³/mol. The van der Waals surface area contributed by atoms with Crippen LogP contribution in [0.25, 0.3) is 0 Å². The van der Waals surface area contributed by atoms with Gasteiger partial charge in [0.2, 0.25) is 0 Å². The molecule has 0 aromatic carbocycles. The largest absolute Gasteiger partial charge is 0.480 e. The molecule has 2 rings (SSSR count). The molecule has 2 unspecified atom stereocenters. The van der Waals surface area contributed by atoms with Gasteiger partial charge in [-0.15, -0.1) is 0 Å². The van der Waals surface area contributed by atoms with Crippen LogP contribution >= 0.6 is 0 Å². The fourth-order valence-corrected chi connectivity index (χ4v) is 3.13. The zero-order valence-electron chi connectivity index (χ0n) is 11.5. The third-order valence-corrected chi connectivity index (χ3v) is 4.19. The number of nitrogens with one attached hydrogen (secondary N) is 1. The van der Waals surface area contributed by atoms with Crippen molar-refractivity contribution in [2.24, 2.45) is 5.92 Å². The second-order valence-corrected chi connectivity index (χ2v) is 5.38. The molecule has 1 aliphatic carbocycles. The van der Waals surface area contributed by atoms with Crippen LogP contribution in [0.5, 0.6) is 0 Å². The van der Waals surface area contributed by atoms with Crippen LogP contribution in [0.15, 0.2) is 18.7 Å². The van der Waals surface area contributed by atoms with E-state index in [2.05, 4.69) is 17.2 Å². The van der Waals surface area contributed by atoms with Gasteiger partial charge in [-0.3, -0.25) is 4.79 Å². The average Bonchev–Trinajstić information content (AvgIpc) is 3.03. The highest BCUT2D eigenvalue weighted by Gasteiger charge is 2.48. The van der Waals surface area contributed by atoms with Gasteiger partial charge in [-0.25, -0.2) is 4.98 Å². The monoisotopic (exact) mass is 265 g/mol. The van der Waals surface area contributed by atoms with E-state index in [1.165, 1.54) is 0 Å². The van der Waals surface area contributed by atoms with Gasteiger partial charge in [0.05, 0.1) is 6.33 Å². The van der Waals surface area contributed by atoms with Crippen LogP contribution in [0.2, 0.25) is 0 Å². The number of hydrogen-bond donors (Lipinski definition) is 2. The molecule has 1 aromatic heterocycles. The molecule has 1 heterocycles. The van der Waals surface area contributed by atoms with Gasteiger partial charge in [0.25, 0.3) is 0 Å². The molecule has 1 fully saturated rings. The molecule has 106 valence electrons. The summed E-state index contributed by atoms with van der Waals surface area (Å²) in [6.45, 7) is 3.68. The lowest BCUT2D eigenvalue weighted by Gasteiger charge is -2.32. The molecule has 2 N–H and O–H groups in total. The minimum Gasteiger partial charge on any atom is -0.480 e. The third kappa shape index (κ3) is 2.97. The van der Waals surface area contributed by atoms with Crippen molar-refractivity contribution >= 4 is 5.97 Å². The molecule has 1 aliphatic rings. The predicted octanol–water partition coefficient (Wildman–Crippen LogP) is 1.90. The van der Waals surface area contributed by atoms with Gasteiger partial charge in [-0.1, -0.05) is 13.3 Å². The van der Waals surface area contributed by atoms with Gasteiger partial charge in [-0.05, 0) is 38.1 Å². The maximum atomic E-state index is 11.7. The van der Waals surface area contributed by atoms with E-state index < -0.39 is 11.5 Å². The van der Waals surface area contributed by atoms with Crippen molar-refractivity contribution < 1.29 is 9.90 Å². The van der Waals surface area contributed by atoms with Gasteiger partial charge < -0.3 is 15.0 Å². The lowest BCUT2D eigenvalue weighted by Crippen LogP contribution is -2.55. The van der Waals surface area contributed by atoms with Gasteiger partial charge >= 0.3 is 5.97 Å². The SMILES string of the molecule is CCCNC1(C(=O)O)CCCC1CCn1ccnc1. The summed E-state index contributed by atoms with van der Waals surface area (Å²) in [6, 6.07) is 0. The Hall–Kier alpha value is -1.36. The normalized spacial score (nSPS) is 26.7. The van der Waals surface area contributed by atoms with Gasteiger partial charge in [0, 0.05) is 18.9 Å². The highest BCUT2D eigenvalue weighted by Crippen LogP contribution is 2.38. The summed E-state index contributed by atoms with van der Waals surface area (Å²) < 4.78 is 2.02. The summed E-state index contributed by atoms with van der Waals surface area (Å²) in [5, 5.41) is 12.9. The fraction of sp³-hybridized carbons (Fsp3) is 0.714. The Kier molecular flexibility index (Phi) is 4.58. The molecule has 0 amide bonds. The van der Waals surface area contributed by atoms with Crippen molar-refractivity contribution in [2.75, 3.05) is 6.54 Å². The highest BCUT2D eigenvalue weighted by atomic mass is 16.4. The van der Waals surface area contributed by atoms with E-state index >= 15 is 0 Å². The Morgan fingerprint density at radius 2 is 2.47 bits per heavy atom. The van der Waals surface area contributed by atoms with Gasteiger partial charge in [-0.2, -0.15) is 0 Å². The van der Waals surface area contributed by atoms with E-state index in [1.54, 1.807) is 12.5 Å². The lowest BCUT2D eigenvalue weighted by molar-refractivity contribution is -0.146. The molecule has 2 atom stereocenters. The van der Waals surface area contributed by atoms with E-state index in [-0.39, 0.29) is 5.92 Å². The minimum atomic E-state index is -0.712. The Bertz CT molecular complexity index is 405. The first-order valence-corrected chi connectivity index (χ1v) is 7.13. The summed E-state index contributed by atoms with van der Waals surface area (Å²) in [5.41, 5.74) is -0.712. The molecule has 0 spiro atoms. The molecule has 0 saturated heterocycles. The minimum absolute atomic E-state index is 0.207. The van der Waals surface area contributed by atoms with Crippen molar-refractivity contribution in [1.29, 1.82) is 0 Å². The molecule has 1 saturated carbocycles. The summed E-state index contributed by atoms with van der Waals surface area (Å²) >= 11 is 0. The maximum Gasteiger partial charge on any atom is 0.324 e. The molecule has 19 heavy (non-hydrogen) atoms. The Labute approximate surface area is 114 Å². The van der Waals surface area contributed by atoms with E-state index in [9.17, 15) is 9.90 Å². The number of hydrogen-bond acceptors (Lipinski definition) is 3. The number of rotatable bonds is 7. The number of aliphatic carboxylic acids is 1. The standard InChI is InChI=1S/C14H23N3O2/c1-2-7-16-14(13(18)19)6-3-4-12(14)5-9-17-10-8-15-11-17/h8,10-12,16H,2-7,9H2,1H3,(H,18,19). The van der Waals surface area contributed by atoms with E-state index in [0.29, 0.717) is 0 Å². The Morgan fingerprint density at radius 1 is 1.63 bits per heavy atom. The molecule has 5 heteroatoms. The summed E-state index contributed by atoms with van der Waals surface area (Å²) in [6.07, 6.45) is 10.1. The van der Waals surface area contributed by atoms with Crippen molar-refractivity contribution in [1.82, 2.24) is 14.9 Å². The Balaban J connectivity index is 2.02. The second kappa shape index (κ2) is 6.19. The zero-order chi connectivity index (χ0) is 13.7. The molecule has 0 radical (unpaired) electrons. The molecular formula is C14H23N3O2. The third-order valence-electron chi connectivity index (χ3n) is 4.19.